The van der Waals surface area contributed by atoms with Crippen LogP contribution < -0.4 is 0 Å². The van der Waals surface area contributed by atoms with Crippen LogP contribution in [0.5, 0.6) is 0 Å². The van der Waals surface area contributed by atoms with Gasteiger partial charge in [-0.3, -0.25) is 9.97 Å². The first-order chi connectivity index (χ1) is 8.56. The van der Waals surface area contributed by atoms with Crippen molar-refractivity contribution in [3.05, 3.63) is 46.8 Å². The van der Waals surface area contributed by atoms with Crippen molar-refractivity contribution in [2.75, 3.05) is 0 Å². The molecule has 0 fully saturated rings. The highest BCUT2D eigenvalue weighted by Crippen LogP contribution is 2.29. The van der Waals surface area contributed by atoms with Gasteiger partial charge in [0.1, 0.15) is 0 Å². The fourth-order valence-corrected chi connectivity index (χ4v) is 2.78. The molecule has 0 saturated carbocycles. The number of fused-ring (bicyclic) bond motifs is 3. The molecule has 3 aromatic rings. The van der Waals surface area contributed by atoms with E-state index in [9.17, 15) is 0 Å². The quantitative estimate of drug-likeness (QED) is 0.551. The van der Waals surface area contributed by atoms with Crippen molar-refractivity contribution in [1.82, 2.24) is 9.97 Å². The van der Waals surface area contributed by atoms with Crippen LogP contribution >= 0.6 is 0 Å². The summed E-state index contributed by atoms with van der Waals surface area (Å²) >= 11 is 0. The van der Waals surface area contributed by atoms with Crippen molar-refractivity contribution in [2.24, 2.45) is 0 Å². The molecule has 0 radical (unpaired) electrons. The molecule has 2 heterocycles. The summed E-state index contributed by atoms with van der Waals surface area (Å²) in [4.78, 5) is 9.24. The third-order valence-corrected chi connectivity index (χ3v) is 3.39. The fourth-order valence-electron chi connectivity index (χ4n) is 2.78. The predicted molar refractivity (Wildman–Crippen MR) is 76.0 cm³/mol. The van der Waals surface area contributed by atoms with Gasteiger partial charge in [0.2, 0.25) is 0 Å². The van der Waals surface area contributed by atoms with E-state index >= 15 is 0 Å². The SMILES string of the molecule is Cc1cc(C)c2c(ccc3nc(C)cc(C)c32)n1. The highest BCUT2D eigenvalue weighted by molar-refractivity contribution is 6.08. The second kappa shape index (κ2) is 3.77. The number of rotatable bonds is 0. The van der Waals surface area contributed by atoms with Gasteiger partial charge in [-0.15, -0.1) is 0 Å². The zero-order valence-corrected chi connectivity index (χ0v) is 11.2. The first-order valence-electron chi connectivity index (χ1n) is 6.21. The third kappa shape index (κ3) is 1.57. The van der Waals surface area contributed by atoms with E-state index in [2.05, 4.69) is 48.1 Å². The Morgan fingerprint density at radius 3 is 1.44 bits per heavy atom. The predicted octanol–water partition coefficient (Wildman–Crippen LogP) is 4.02. The average molecular weight is 236 g/mol. The minimum absolute atomic E-state index is 1.06. The van der Waals surface area contributed by atoms with Crippen LogP contribution in [0, 0.1) is 27.7 Å². The van der Waals surface area contributed by atoms with Gasteiger partial charge in [0.15, 0.2) is 0 Å². The van der Waals surface area contributed by atoms with Crippen molar-refractivity contribution in [3.8, 4) is 0 Å². The van der Waals surface area contributed by atoms with Gasteiger partial charge in [-0.25, -0.2) is 0 Å². The molecule has 0 saturated heterocycles. The van der Waals surface area contributed by atoms with Gasteiger partial charge in [-0.05, 0) is 63.1 Å². The normalized spacial score (nSPS) is 11.3. The lowest BCUT2D eigenvalue weighted by Crippen LogP contribution is -1.93. The average Bonchev–Trinajstić information content (AvgIpc) is 2.28. The molecule has 90 valence electrons. The number of benzene rings is 1. The third-order valence-electron chi connectivity index (χ3n) is 3.39. The highest BCUT2D eigenvalue weighted by atomic mass is 14.7. The summed E-state index contributed by atoms with van der Waals surface area (Å²) in [5.41, 5.74) is 6.81. The minimum atomic E-state index is 1.06. The molecular weight excluding hydrogens is 220 g/mol. The molecule has 0 aliphatic rings. The van der Waals surface area contributed by atoms with Crippen LogP contribution in [0.25, 0.3) is 21.8 Å². The van der Waals surface area contributed by atoms with Crippen LogP contribution in [0.3, 0.4) is 0 Å². The van der Waals surface area contributed by atoms with E-state index in [-0.39, 0.29) is 0 Å². The monoisotopic (exact) mass is 236 g/mol. The topological polar surface area (TPSA) is 25.8 Å². The van der Waals surface area contributed by atoms with Gasteiger partial charge in [0, 0.05) is 22.2 Å². The molecule has 0 N–H and O–H groups in total. The molecule has 0 atom stereocenters. The molecule has 2 heteroatoms. The smallest absolute Gasteiger partial charge is 0.0715 e. The number of hydrogen-bond donors (Lipinski definition) is 0. The maximum atomic E-state index is 4.62. The standard InChI is InChI=1S/C16H16N2/c1-9-7-11(3)17-13-5-6-14-16(15(9)13)10(2)8-12(4)18-14/h5-8H,1-4H3. The summed E-state index contributed by atoms with van der Waals surface area (Å²) in [5, 5.41) is 2.48. The van der Waals surface area contributed by atoms with Crippen molar-refractivity contribution in [2.45, 2.75) is 27.7 Å². The molecule has 0 aliphatic carbocycles. The van der Waals surface area contributed by atoms with E-state index in [0.29, 0.717) is 0 Å². The first-order valence-corrected chi connectivity index (χ1v) is 6.21. The number of pyridine rings is 2. The Hall–Kier alpha value is -1.96. The lowest BCUT2D eigenvalue weighted by atomic mass is 10.00. The van der Waals surface area contributed by atoms with Crippen LogP contribution in [-0.4, -0.2) is 9.97 Å². The van der Waals surface area contributed by atoms with Gasteiger partial charge in [0.25, 0.3) is 0 Å². The molecular formula is C16H16N2. The van der Waals surface area contributed by atoms with Gasteiger partial charge < -0.3 is 0 Å². The second-order valence-corrected chi connectivity index (χ2v) is 5.01. The molecule has 2 nitrogen and oxygen atoms in total. The van der Waals surface area contributed by atoms with E-state index < -0.39 is 0 Å². The van der Waals surface area contributed by atoms with Gasteiger partial charge in [-0.2, -0.15) is 0 Å². The lowest BCUT2D eigenvalue weighted by molar-refractivity contribution is 1.22. The van der Waals surface area contributed by atoms with Crippen LogP contribution in [0.2, 0.25) is 0 Å². The van der Waals surface area contributed by atoms with Crippen LogP contribution in [0.15, 0.2) is 24.3 Å². The zero-order valence-electron chi connectivity index (χ0n) is 11.2. The van der Waals surface area contributed by atoms with Crippen molar-refractivity contribution in [3.63, 3.8) is 0 Å². The molecule has 0 amide bonds. The van der Waals surface area contributed by atoms with Gasteiger partial charge in [0.05, 0.1) is 11.0 Å². The molecule has 0 bridgehead atoms. The van der Waals surface area contributed by atoms with E-state index in [1.165, 1.54) is 21.9 Å². The molecule has 0 spiro atoms. The number of aryl methyl sites for hydroxylation is 4. The van der Waals surface area contributed by atoms with Gasteiger partial charge >= 0.3 is 0 Å². The Morgan fingerprint density at radius 1 is 0.667 bits per heavy atom. The number of nitrogens with zero attached hydrogens (tertiary/aromatic N) is 2. The molecule has 2 aromatic heterocycles. The molecule has 1 aromatic carbocycles. The van der Waals surface area contributed by atoms with E-state index in [0.717, 1.165) is 22.4 Å². The lowest BCUT2D eigenvalue weighted by Gasteiger charge is -2.10. The number of aromatic nitrogens is 2. The molecule has 0 unspecified atom stereocenters. The summed E-state index contributed by atoms with van der Waals surface area (Å²) in [6, 6.07) is 8.43. The summed E-state index contributed by atoms with van der Waals surface area (Å²) < 4.78 is 0. The summed E-state index contributed by atoms with van der Waals surface area (Å²) in [7, 11) is 0. The summed E-state index contributed by atoms with van der Waals surface area (Å²) in [6.45, 7) is 8.37. The largest absolute Gasteiger partial charge is 0.253 e. The van der Waals surface area contributed by atoms with Crippen molar-refractivity contribution >= 4 is 21.8 Å². The zero-order chi connectivity index (χ0) is 12.9. The molecule has 18 heavy (non-hydrogen) atoms. The Morgan fingerprint density at radius 2 is 1.06 bits per heavy atom. The van der Waals surface area contributed by atoms with Crippen molar-refractivity contribution < 1.29 is 0 Å². The summed E-state index contributed by atoms with van der Waals surface area (Å²) in [6.07, 6.45) is 0. The Labute approximate surface area is 107 Å². The summed E-state index contributed by atoms with van der Waals surface area (Å²) in [5.74, 6) is 0. The Balaban J connectivity index is 2.61. The van der Waals surface area contributed by atoms with E-state index in [4.69, 9.17) is 0 Å². The van der Waals surface area contributed by atoms with Crippen LogP contribution in [-0.2, 0) is 0 Å². The Kier molecular flexibility index (Phi) is 2.34. The van der Waals surface area contributed by atoms with Crippen LogP contribution in [0.4, 0.5) is 0 Å². The van der Waals surface area contributed by atoms with Gasteiger partial charge in [-0.1, -0.05) is 0 Å². The Bertz CT molecular complexity index is 706. The minimum Gasteiger partial charge on any atom is -0.253 e. The maximum Gasteiger partial charge on any atom is 0.0715 e. The second-order valence-electron chi connectivity index (χ2n) is 5.01. The molecule has 3 rings (SSSR count). The number of hydrogen-bond acceptors (Lipinski definition) is 2. The molecule has 0 aliphatic heterocycles. The van der Waals surface area contributed by atoms with Crippen LogP contribution in [0.1, 0.15) is 22.5 Å². The maximum absolute atomic E-state index is 4.62. The van der Waals surface area contributed by atoms with Crippen molar-refractivity contribution in [1.29, 1.82) is 0 Å². The highest BCUT2D eigenvalue weighted by Gasteiger charge is 2.09. The van der Waals surface area contributed by atoms with E-state index in [1.807, 2.05) is 13.8 Å². The fraction of sp³-hybridized carbons (Fsp3) is 0.250. The first kappa shape index (κ1) is 11.1. The van der Waals surface area contributed by atoms with E-state index in [1.54, 1.807) is 0 Å².